The Bertz CT molecular complexity index is 469. The third kappa shape index (κ3) is 4.57. The van der Waals surface area contributed by atoms with Gasteiger partial charge >= 0.3 is 0 Å². The van der Waals surface area contributed by atoms with Crippen LogP contribution in [0.1, 0.15) is 58.1 Å². The zero-order chi connectivity index (χ0) is 15.5. The Labute approximate surface area is 128 Å². The predicted octanol–water partition coefficient (Wildman–Crippen LogP) is 3.41. The highest BCUT2D eigenvalue weighted by atomic mass is 16.1. The summed E-state index contributed by atoms with van der Waals surface area (Å²) in [5, 5.41) is 3.19. The number of nitrogens with two attached hydrogens (primary N) is 1. The van der Waals surface area contributed by atoms with Crippen molar-refractivity contribution in [3.63, 3.8) is 0 Å². The fraction of sp³-hybridized carbons (Fsp3) is 0.611. The lowest BCUT2D eigenvalue weighted by molar-refractivity contribution is -0.123. The molecule has 2 rings (SSSR count). The van der Waals surface area contributed by atoms with Crippen LogP contribution in [0.4, 0.5) is 0 Å². The van der Waals surface area contributed by atoms with E-state index in [0.717, 1.165) is 12.0 Å². The van der Waals surface area contributed by atoms with Gasteiger partial charge in [-0.25, -0.2) is 0 Å². The molecule has 1 aromatic carbocycles. The van der Waals surface area contributed by atoms with Gasteiger partial charge in [0.05, 0.1) is 0 Å². The van der Waals surface area contributed by atoms with Crippen LogP contribution in [-0.2, 0) is 4.79 Å². The average molecular weight is 288 g/mol. The fourth-order valence-electron chi connectivity index (χ4n) is 3.44. The van der Waals surface area contributed by atoms with Gasteiger partial charge in [-0.3, -0.25) is 4.79 Å². The molecule has 0 aliphatic heterocycles. The molecule has 3 nitrogen and oxygen atoms in total. The van der Waals surface area contributed by atoms with Crippen LogP contribution in [0.25, 0.3) is 0 Å². The van der Waals surface area contributed by atoms with Crippen LogP contribution < -0.4 is 11.1 Å². The predicted molar refractivity (Wildman–Crippen MR) is 86.7 cm³/mol. The molecule has 0 heterocycles. The number of nitrogens with one attached hydrogen (secondary N) is 1. The minimum absolute atomic E-state index is 0.0721. The van der Waals surface area contributed by atoms with Crippen LogP contribution in [0.15, 0.2) is 30.3 Å². The number of benzene rings is 1. The number of amides is 1. The van der Waals surface area contributed by atoms with Gasteiger partial charge in [0.2, 0.25) is 5.91 Å². The molecule has 3 atom stereocenters. The molecule has 1 amide bonds. The maximum Gasteiger partial charge on any atom is 0.222 e. The summed E-state index contributed by atoms with van der Waals surface area (Å²) in [5.74, 6) is 0.605. The summed E-state index contributed by atoms with van der Waals surface area (Å²) in [5.41, 5.74) is 7.54. The first kappa shape index (κ1) is 16.0. The van der Waals surface area contributed by atoms with Crippen molar-refractivity contribution in [3.8, 4) is 0 Å². The third-order valence-electron chi connectivity index (χ3n) is 4.67. The van der Waals surface area contributed by atoms with E-state index in [9.17, 15) is 4.79 Å². The maximum atomic E-state index is 12.2. The number of hydrogen-bond donors (Lipinski definition) is 2. The van der Waals surface area contributed by atoms with Crippen molar-refractivity contribution in [2.75, 3.05) is 0 Å². The second-order valence-corrected chi connectivity index (χ2v) is 7.28. The van der Waals surface area contributed by atoms with Crippen LogP contribution in [-0.4, -0.2) is 11.9 Å². The Kier molecular flexibility index (Phi) is 5.04. The van der Waals surface area contributed by atoms with Gasteiger partial charge in [0.1, 0.15) is 0 Å². The largest absolute Gasteiger partial charge is 0.353 e. The number of hydrogen-bond acceptors (Lipinski definition) is 2. The van der Waals surface area contributed by atoms with Gasteiger partial charge < -0.3 is 11.1 Å². The highest BCUT2D eigenvalue weighted by Gasteiger charge is 2.33. The minimum Gasteiger partial charge on any atom is -0.353 e. The summed E-state index contributed by atoms with van der Waals surface area (Å²) in [4.78, 5) is 12.2. The summed E-state index contributed by atoms with van der Waals surface area (Å²) >= 11 is 0. The van der Waals surface area contributed by atoms with Gasteiger partial charge in [0, 0.05) is 18.5 Å². The van der Waals surface area contributed by atoms with Crippen molar-refractivity contribution in [1.82, 2.24) is 5.32 Å². The smallest absolute Gasteiger partial charge is 0.222 e. The lowest BCUT2D eigenvalue weighted by Crippen LogP contribution is -2.45. The molecule has 0 aromatic heterocycles. The van der Waals surface area contributed by atoms with Gasteiger partial charge in [-0.05, 0) is 36.2 Å². The average Bonchev–Trinajstić information content (AvgIpc) is 2.42. The lowest BCUT2D eigenvalue weighted by atomic mass is 9.70. The SMILES string of the molecule is CC1CC(C)(C)CCC1NC(=O)CC(N)c1ccccc1. The molecule has 1 aliphatic carbocycles. The van der Waals surface area contributed by atoms with E-state index >= 15 is 0 Å². The Morgan fingerprint density at radius 2 is 2.05 bits per heavy atom. The summed E-state index contributed by atoms with van der Waals surface area (Å²) in [6, 6.07) is 9.90. The quantitative estimate of drug-likeness (QED) is 0.892. The number of rotatable bonds is 4. The van der Waals surface area contributed by atoms with E-state index in [1.807, 2.05) is 30.3 Å². The first-order valence-corrected chi connectivity index (χ1v) is 7.97. The van der Waals surface area contributed by atoms with Crippen molar-refractivity contribution < 1.29 is 4.79 Å². The van der Waals surface area contributed by atoms with Gasteiger partial charge in [0.25, 0.3) is 0 Å². The molecule has 3 N–H and O–H groups in total. The summed E-state index contributed by atoms with van der Waals surface area (Å²) in [7, 11) is 0. The molecule has 1 aliphatic rings. The molecule has 1 saturated carbocycles. The van der Waals surface area contributed by atoms with Crippen molar-refractivity contribution in [3.05, 3.63) is 35.9 Å². The van der Waals surface area contributed by atoms with Crippen molar-refractivity contribution in [1.29, 1.82) is 0 Å². The topological polar surface area (TPSA) is 55.1 Å². The molecular formula is C18H28N2O. The number of carbonyl (C=O) groups excluding carboxylic acids is 1. The van der Waals surface area contributed by atoms with E-state index in [0.29, 0.717) is 23.8 Å². The van der Waals surface area contributed by atoms with Crippen LogP contribution in [0.5, 0.6) is 0 Å². The van der Waals surface area contributed by atoms with Crippen LogP contribution in [0, 0.1) is 11.3 Å². The van der Waals surface area contributed by atoms with E-state index in [2.05, 4.69) is 26.1 Å². The molecule has 3 heteroatoms. The molecule has 1 fully saturated rings. The van der Waals surface area contributed by atoms with E-state index in [4.69, 9.17) is 5.73 Å². The first-order valence-electron chi connectivity index (χ1n) is 7.97. The van der Waals surface area contributed by atoms with E-state index in [-0.39, 0.29) is 11.9 Å². The lowest BCUT2D eigenvalue weighted by Gasteiger charge is -2.39. The van der Waals surface area contributed by atoms with Crippen LogP contribution in [0.2, 0.25) is 0 Å². The zero-order valence-corrected chi connectivity index (χ0v) is 13.4. The van der Waals surface area contributed by atoms with E-state index in [1.165, 1.54) is 12.8 Å². The standard InChI is InChI=1S/C18H28N2O/c1-13-12-18(2,3)10-9-16(13)20-17(21)11-15(19)14-7-5-4-6-8-14/h4-8,13,15-16H,9-12,19H2,1-3H3,(H,20,21). The Hall–Kier alpha value is -1.35. The van der Waals surface area contributed by atoms with Gasteiger partial charge in [-0.2, -0.15) is 0 Å². The molecular weight excluding hydrogens is 260 g/mol. The normalized spacial score (nSPS) is 26.1. The van der Waals surface area contributed by atoms with Crippen molar-refractivity contribution >= 4 is 5.91 Å². The second-order valence-electron chi connectivity index (χ2n) is 7.28. The molecule has 21 heavy (non-hydrogen) atoms. The molecule has 0 spiro atoms. The summed E-state index contributed by atoms with van der Waals surface area (Å²) in [6.07, 6.45) is 3.77. The molecule has 0 radical (unpaired) electrons. The molecule has 0 saturated heterocycles. The highest BCUT2D eigenvalue weighted by Crippen LogP contribution is 2.38. The zero-order valence-electron chi connectivity index (χ0n) is 13.4. The highest BCUT2D eigenvalue weighted by molar-refractivity contribution is 5.77. The monoisotopic (exact) mass is 288 g/mol. The minimum atomic E-state index is -0.221. The summed E-state index contributed by atoms with van der Waals surface area (Å²) in [6.45, 7) is 6.86. The molecule has 3 unspecified atom stereocenters. The number of carbonyl (C=O) groups is 1. The van der Waals surface area contributed by atoms with E-state index < -0.39 is 0 Å². The Balaban J connectivity index is 1.85. The van der Waals surface area contributed by atoms with Gasteiger partial charge in [0.15, 0.2) is 0 Å². The van der Waals surface area contributed by atoms with Gasteiger partial charge in [-0.15, -0.1) is 0 Å². The Morgan fingerprint density at radius 3 is 2.67 bits per heavy atom. The van der Waals surface area contributed by atoms with Crippen molar-refractivity contribution in [2.24, 2.45) is 17.1 Å². The second kappa shape index (κ2) is 6.61. The summed E-state index contributed by atoms with van der Waals surface area (Å²) < 4.78 is 0. The molecule has 1 aromatic rings. The van der Waals surface area contributed by atoms with Crippen molar-refractivity contribution in [2.45, 2.75) is 58.5 Å². The molecule has 0 bridgehead atoms. The van der Waals surface area contributed by atoms with Crippen LogP contribution in [0.3, 0.4) is 0 Å². The van der Waals surface area contributed by atoms with E-state index in [1.54, 1.807) is 0 Å². The van der Waals surface area contributed by atoms with Crippen LogP contribution >= 0.6 is 0 Å². The maximum absolute atomic E-state index is 12.2. The molecule has 116 valence electrons. The fourth-order valence-corrected chi connectivity index (χ4v) is 3.44. The Morgan fingerprint density at radius 1 is 1.38 bits per heavy atom. The van der Waals surface area contributed by atoms with Gasteiger partial charge in [-0.1, -0.05) is 51.1 Å². The first-order chi connectivity index (χ1) is 9.87. The third-order valence-corrected chi connectivity index (χ3v) is 4.67.